The van der Waals surface area contributed by atoms with Gasteiger partial charge in [0.05, 0.1) is 0 Å². The third-order valence-corrected chi connectivity index (χ3v) is 7.48. The Kier molecular flexibility index (Phi) is 9.01. The first kappa shape index (κ1) is 25.0. The Morgan fingerprint density at radius 1 is 0.812 bits per heavy atom. The van der Waals surface area contributed by atoms with Crippen LogP contribution in [0.5, 0.6) is 5.75 Å². The molecule has 0 radical (unpaired) electrons. The minimum Gasteiger partial charge on any atom is -0.399 e. The van der Waals surface area contributed by atoms with Crippen LogP contribution in [-0.2, 0) is 0 Å². The largest absolute Gasteiger partial charge is 0.573 e. The van der Waals surface area contributed by atoms with Gasteiger partial charge in [-0.2, -0.15) is 0 Å². The number of rotatable bonds is 8. The Morgan fingerprint density at radius 2 is 1.28 bits per heavy atom. The van der Waals surface area contributed by atoms with E-state index in [1.165, 1.54) is 51.4 Å². The lowest BCUT2D eigenvalue weighted by molar-refractivity contribution is -0.276. The normalized spacial score (nSPS) is 27.1. The number of hydrogen-bond acceptors (Lipinski definition) is 1. The molecule has 0 unspecified atom stereocenters. The van der Waals surface area contributed by atoms with E-state index in [4.69, 9.17) is 0 Å². The van der Waals surface area contributed by atoms with Crippen molar-refractivity contribution in [2.45, 2.75) is 96.3 Å². The summed E-state index contributed by atoms with van der Waals surface area (Å²) in [5.74, 6) is -1.61. The smallest absolute Gasteiger partial charge is 0.399 e. The van der Waals surface area contributed by atoms with E-state index in [0.717, 1.165) is 49.7 Å². The zero-order valence-electron chi connectivity index (χ0n) is 18.9. The van der Waals surface area contributed by atoms with Crippen molar-refractivity contribution in [3.05, 3.63) is 41.5 Å². The summed E-state index contributed by atoms with van der Waals surface area (Å²) in [5, 5.41) is 0. The molecule has 0 saturated heterocycles. The van der Waals surface area contributed by atoms with Crippen molar-refractivity contribution in [1.82, 2.24) is 0 Å². The Balaban J connectivity index is 1.41. The van der Waals surface area contributed by atoms with Crippen LogP contribution in [0.25, 0.3) is 0 Å². The maximum absolute atomic E-state index is 14.0. The Labute approximate surface area is 188 Å². The van der Waals surface area contributed by atoms with Crippen molar-refractivity contribution in [2.24, 2.45) is 17.8 Å². The van der Waals surface area contributed by atoms with Crippen LogP contribution in [0.2, 0.25) is 0 Å². The van der Waals surface area contributed by atoms with Gasteiger partial charge < -0.3 is 4.74 Å². The standard InChI is InChI=1S/C26H35F5O/c1-2-3-4-5-18-6-8-19(9-7-18)10-11-20-12-14-21(15-13-20)22-16-23(27)25(24(28)17-22)32-26(29,30)31/h2-3,16-21H,4-15H2,1H3/b3-2+/t18-,19-,20-,21-. The average Bonchev–Trinajstić information content (AvgIpc) is 2.75. The van der Waals surface area contributed by atoms with Gasteiger partial charge in [-0.3, -0.25) is 0 Å². The lowest BCUT2D eigenvalue weighted by Gasteiger charge is -2.32. The van der Waals surface area contributed by atoms with Gasteiger partial charge in [0.2, 0.25) is 5.75 Å². The highest BCUT2D eigenvalue weighted by Crippen LogP contribution is 2.41. The van der Waals surface area contributed by atoms with Gasteiger partial charge in [0.15, 0.2) is 11.6 Å². The van der Waals surface area contributed by atoms with Crippen molar-refractivity contribution in [1.29, 1.82) is 0 Å². The van der Waals surface area contributed by atoms with Gasteiger partial charge in [0.1, 0.15) is 0 Å². The minimum atomic E-state index is -5.12. The van der Waals surface area contributed by atoms with Crippen LogP contribution in [0, 0.1) is 29.4 Å². The second-order valence-electron chi connectivity index (χ2n) is 9.69. The van der Waals surface area contributed by atoms with E-state index in [-0.39, 0.29) is 5.92 Å². The summed E-state index contributed by atoms with van der Waals surface area (Å²) < 4.78 is 68.6. The second-order valence-corrected chi connectivity index (χ2v) is 9.69. The van der Waals surface area contributed by atoms with E-state index in [9.17, 15) is 22.0 Å². The summed E-state index contributed by atoms with van der Waals surface area (Å²) in [6.45, 7) is 2.07. The predicted octanol–water partition coefficient (Wildman–Crippen LogP) is 9.08. The molecule has 1 aromatic rings. The SMILES string of the molecule is C/C=C/CC[C@H]1CC[C@H](CC[C@H]2CC[C@H](c3cc(F)c(OC(F)(F)F)c(F)c3)CC2)CC1. The quantitative estimate of drug-likeness (QED) is 0.279. The lowest BCUT2D eigenvalue weighted by atomic mass is 9.74. The number of hydrogen-bond donors (Lipinski definition) is 0. The van der Waals surface area contributed by atoms with Crippen LogP contribution in [0.4, 0.5) is 22.0 Å². The lowest BCUT2D eigenvalue weighted by Crippen LogP contribution is -2.20. The molecule has 2 aliphatic carbocycles. The van der Waals surface area contributed by atoms with Crippen LogP contribution in [0.15, 0.2) is 24.3 Å². The van der Waals surface area contributed by atoms with Gasteiger partial charge >= 0.3 is 6.36 Å². The molecule has 0 atom stereocenters. The van der Waals surface area contributed by atoms with Crippen LogP contribution in [-0.4, -0.2) is 6.36 Å². The summed E-state index contributed by atoms with van der Waals surface area (Å²) in [6.07, 6.45) is 13.3. The first-order valence-corrected chi connectivity index (χ1v) is 12.1. The average molecular weight is 459 g/mol. The maximum Gasteiger partial charge on any atom is 0.573 e. The van der Waals surface area contributed by atoms with Crippen LogP contribution >= 0.6 is 0 Å². The van der Waals surface area contributed by atoms with Crippen LogP contribution in [0.1, 0.15) is 95.5 Å². The fourth-order valence-electron chi connectivity index (χ4n) is 5.59. The summed E-state index contributed by atoms with van der Waals surface area (Å²) in [6, 6.07) is 2.01. The van der Waals surface area contributed by atoms with Gasteiger partial charge in [-0.25, -0.2) is 8.78 Å². The van der Waals surface area contributed by atoms with Crippen LogP contribution in [0.3, 0.4) is 0 Å². The highest BCUT2D eigenvalue weighted by atomic mass is 19.4. The highest BCUT2D eigenvalue weighted by molar-refractivity contribution is 5.33. The summed E-state index contributed by atoms with van der Waals surface area (Å²) in [7, 11) is 0. The number of benzene rings is 1. The monoisotopic (exact) mass is 458 g/mol. The molecule has 0 aromatic heterocycles. The van der Waals surface area contributed by atoms with E-state index in [0.29, 0.717) is 11.5 Å². The Morgan fingerprint density at radius 3 is 1.75 bits per heavy atom. The van der Waals surface area contributed by atoms with Gasteiger partial charge in [-0.05, 0) is 86.8 Å². The van der Waals surface area contributed by atoms with Gasteiger partial charge in [-0.15, -0.1) is 13.2 Å². The van der Waals surface area contributed by atoms with E-state index in [2.05, 4.69) is 23.8 Å². The van der Waals surface area contributed by atoms with Crippen molar-refractivity contribution in [2.75, 3.05) is 0 Å². The van der Waals surface area contributed by atoms with E-state index >= 15 is 0 Å². The predicted molar refractivity (Wildman–Crippen MR) is 116 cm³/mol. The number of ether oxygens (including phenoxy) is 1. The van der Waals surface area contributed by atoms with Crippen molar-refractivity contribution < 1.29 is 26.7 Å². The molecular weight excluding hydrogens is 423 g/mol. The molecule has 0 amide bonds. The molecule has 2 saturated carbocycles. The fourth-order valence-corrected chi connectivity index (χ4v) is 5.59. The third kappa shape index (κ3) is 7.48. The first-order chi connectivity index (χ1) is 15.2. The topological polar surface area (TPSA) is 9.23 Å². The molecule has 180 valence electrons. The second kappa shape index (κ2) is 11.5. The Hall–Kier alpha value is -1.59. The van der Waals surface area contributed by atoms with E-state index < -0.39 is 23.7 Å². The molecule has 2 fully saturated rings. The number of allylic oxidation sites excluding steroid dienone is 2. The molecule has 3 rings (SSSR count). The molecule has 0 aliphatic heterocycles. The molecule has 2 aliphatic rings. The molecule has 0 N–H and O–H groups in total. The van der Waals surface area contributed by atoms with E-state index in [1.807, 2.05) is 0 Å². The van der Waals surface area contributed by atoms with Crippen LogP contribution < -0.4 is 4.74 Å². The van der Waals surface area contributed by atoms with E-state index in [1.54, 1.807) is 0 Å². The minimum absolute atomic E-state index is 0.0113. The molecule has 6 heteroatoms. The fraction of sp³-hybridized carbons (Fsp3) is 0.692. The summed E-state index contributed by atoms with van der Waals surface area (Å²) >= 11 is 0. The van der Waals surface area contributed by atoms with Gasteiger partial charge in [-0.1, -0.05) is 50.7 Å². The first-order valence-electron chi connectivity index (χ1n) is 12.1. The molecule has 0 bridgehead atoms. The molecule has 32 heavy (non-hydrogen) atoms. The van der Waals surface area contributed by atoms with Gasteiger partial charge in [0.25, 0.3) is 0 Å². The summed E-state index contributed by atoms with van der Waals surface area (Å²) in [4.78, 5) is 0. The Bertz CT molecular complexity index is 718. The van der Waals surface area contributed by atoms with Crippen molar-refractivity contribution in [3.8, 4) is 5.75 Å². The van der Waals surface area contributed by atoms with Gasteiger partial charge in [0, 0.05) is 0 Å². The number of alkyl halides is 3. The molecule has 0 spiro atoms. The zero-order chi connectivity index (χ0) is 23.1. The molecule has 1 aromatic carbocycles. The van der Waals surface area contributed by atoms with Crippen molar-refractivity contribution >= 4 is 0 Å². The zero-order valence-corrected chi connectivity index (χ0v) is 18.9. The number of halogens is 5. The van der Waals surface area contributed by atoms with Crippen molar-refractivity contribution in [3.63, 3.8) is 0 Å². The maximum atomic E-state index is 14.0. The molecule has 0 heterocycles. The highest BCUT2D eigenvalue weighted by Gasteiger charge is 2.35. The molecular formula is C26H35F5O. The summed E-state index contributed by atoms with van der Waals surface area (Å²) in [5.41, 5.74) is 0.434. The molecule has 1 nitrogen and oxygen atoms in total. The third-order valence-electron chi connectivity index (χ3n) is 7.48.